The second kappa shape index (κ2) is 23.8. The molecular formula is C62H74Cl2N2Ru-4. The van der Waals surface area contributed by atoms with Crippen molar-refractivity contribution in [2.45, 2.75) is 130 Å². The van der Waals surface area contributed by atoms with Crippen molar-refractivity contribution in [3.8, 4) is 11.1 Å². The van der Waals surface area contributed by atoms with Crippen molar-refractivity contribution in [2.24, 2.45) is 0 Å². The predicted molar refractivity (Wildman–Crippen MR) is 292 cm³/mol. The molecule has 67 heavy (non-hydrogen) atoms. The van der Waals surface area contributed by atoms with Gasteiger partial charge in [-0.05, 0) is 88.5 Å². The van der Waals surface area contributed by atoms with Gasteiger partial charge in [0.05, 0.1) is 0 Å². The van der Waals surface area contributed by atoms with Gasteiger partial charge in [0.1, 0.15) is 0 Å². The minimum Gasteiger partial charge on any atom is -0.150 e. The molecule has 0 aliphatic carbocycles. The number of para-hydroxylation sites is 2. The van der Waals surface area contributed by atoms with Gasteiger partial charge in [0.2, 0.25) is 0 Å². The van der Waals surface area contributed by atoms with E-state index < -0.39 is 0 Å². The molecule has 0 aromatic heterocycles. The third kappa shape index (κ3) is 12.3. The van der Waals surface area contributed by atoms with E-state index in [1.807, 2.05) is 0 Å². The Bertz CT molecular complexity index is 2410. The van der Waals surface area contributed by atoms with Crippen molar-refractivity contribution in [3.63, 3.8) is 0 Å². The molecule has 7 aromatic rings. The van der Waals surface area contributed by atoms with Crippen LogP contribution in [0.2, 0.25) is 0 Å². The maximum Gasteiger partial charge on any atom is -0.0623 e. The molecule has 0 N–H and O–H groups in total. The third-order valence-corrected chi connectivity index (χ3v) is 13.8. The maximum atomic E-state index is 4.85. The summed E-state index contributed by atoms with van der Waals surface area (Å²) >= 11 is -0.346. The van der Waals surface area contributed by atoms with E-state index in [1.54, 1.807) is 0 Å². The molecule has 2 saturated heterocycles. The molecule has 2 aliphatic rings. The maximum absolute atomic E-state index is 4.85. The second-order valence-corrected chi connectivity index (χ2v) is 22.2. The summed E-state index contributed by atoms with van der Waals surface area (Å²) in [6, 6.07) is 58.9. The number of hydrogen-bond donors (Lipinski definition) is 0. The van der Waals surface area contributed by atoms with Crippen LogP contribution < -0.4 is 9.80 Å². The number of rotatable bonds is 9. The fourth-order valence-electron chi connectivity index (χ4n) is 10.8. The molecule has 2 unspecified atom stereocenters. The summed E-state index contributed by atoms with van der Waals surface area (Å²) in [5, 5.41) is 2.65. The van der Waals surface area contributed by atoms with Gasteiger partial charge in [-0.2, -0.15) is 0 Å². The minimum absolute atomic E-state index is 0. The molecule has 7 aromatic carbocycles. The van der Waals surface area contributed by atoms with Crippen LogP contribution in [0.3, 0.4) is 0 Å². The number of halogens is 2. The van der Waals surface area contributed by atoms with Gasteiger partial charge in [-0.25, -0.2) is 13.1 Å². The molecule has 0 radical (unpaired) electrons. The first kappa shape index (κ1) is 53.7. The molecule has 2 heterocycles. The molecule has 2 fully saturated rings. The van der Waals surface area contributed by atoms with Gasteiger partial charge in [-0.3, -0.25) is 0 Å². The zero-order chi connectivity index (χ0) is 47.5. The summed E-state index contributed by atoms with van der Waals surface area (Å²) in [5.41, 5.74) is 14.5. The fourth-order valence-corrected chi connectivity index (χ4v) is 10.8. The summed E-state index contributed by atoms with van der Waals surface area (Å²) in [5.74, 6) is 0. The van der Waals surface area contributed by atoms with Gasteiger partial charge in [0.15, 0.2) is 0 Å². The van der Waals surface area contributed by atoms with Gasteiger partial charge >= 0.3 is 34.5 Å². The summed E-state index contributed by atoms with van der Waals surface area (Å²) in [4.78, 5) is 5.13. The van der Waals surface area contributed by atoms with Crippen molar-refractivity contribution in [2.75, 3.05) is 9.80 Å². The first-order valence-electron chi connectivity index (χ1n) is 23.9. The number of aryl methyl sites for hydroxylation is 4. The van der Waals surface area contributed by atoms with Crippen molar-refractivity contribution < 1.29 is 15.1 Å². The Hall–Kier alpha value is -4.27. The number of benzene rings is 6. The van der Waals surface area contributed by atoms with E-state index in [0.717, 1.165) is 38.5 Å². The van der Waals surface area contributed by atoms with Crippen LogP contribution in [0.25, 0.3) is 21.9 Å². The normalized spacial score (nSPS) is 19.0. The van der Waals surface area contributed by atoms with Gasteiger partial charge < -0.3 is 17.2 Å². The van der Waals surface area contributed by atoms with Crippen molar-refractivity contribution in [1.29, 1.82) is 0 Å². The second-order valence-electron chi connectivity index (χ2n) is 19.6. The SMILES string of the molecule is CCc1cccc(CC)c1N1[CH-]C(C)(c2ccccc2)CC1(C)C.CCc1cccc(CC)c1N1[CH-]C(C)(c2ccccc2)CC1(C)C.[CH3-].[Cl][Ru][Cl].c1ccc(-c2c[cH-]c3ccccc23)cc1. The van der Waals surface area contributed by atoms with E-state index in [0.29, 0.717) is 0 Å². The summed E-state index contributed by atoms with van der Waals surface area (Å²) < 4.78 is 0. The van der Waals surface area contributed by atoms with E-state index in [2.05, 4.69) is 256 Å². The van der Waals surface area contributed by atoms with Gasteiger partial charge in [-0.15, -0.1) is 57.5 Å². The van der Waals surface area contributed by atoms with E-state index in [4.69, 9.17) is 19.4 Å². The summed E-state index contributed by atoms with van der Waals surface area (Å²) in [6.07, 6.45) is 6.56. The van der Waals surface area contributed by atoms with E-state index in [9.17, 15) is 0 Å². The van der Waals surface area contributed by atoms with Crippen LogP contribution in [0.5, 0.6) is 0 Å². The van der Waals surface area contributed by atoms with Crippen LogP contribution in [0.4, 0.5) is 11.4 Å². The van der Waals surface area contributed by atoms with E-state index in [-0.39, 0.29) is 44.5 Å². The smallest absolute Gasteiger partial charge is 0.0623 e. The van der Waals surface area contributed by atoms with Gasteiger partial charge in [0.25, 0.3) is 0 Å². The van der Waals surface area contributed by atoms with Crippen LogP contribution in [-0.4, -0.2) is 11.1 Å². The molecule has 358 valence electrons. The topological polar surface area (TPSA) is 6.48 Å². The molecular weight excluding hydrogens is 945 g/mol. The average molecular weight is 1020 g/mol. The zero-order valence-electron chi connectivity index (χ0n) is 42.0. The number of fused-ring (bicyclic) bond motifs is 1. The van der Waals surface area contributed by atoms with Crippen LogP contribution in [0.1, 0.15) is 115 Å². The fraction of sp³-hybridized carbons (Fsp3) is 0.323. The first-order chi connectivity index (χ1) is 31.7. The Morgan fingerprint density at radius 3 is 1.19 bits per heavy atom. The molecule has 0 saturated carbocycles. The molecule has 0 amide bonds. The Kier molecular flexibility index (Phi) is 19.1. The Morgan fingerprint density at radius 1 is 0.478 bits per heavy atom. The van der Waals surface area contributed by atoms with Crippen LogP contribution in [0.15, 0.2) is 164 Å². The molecule has 5 heteroatoms. The van der Waals surface area contributed by atoms with Crippen molar-refractivity contribution >= 4 is 41.5 Å². The Labute approximate surface area is 422 Å². The molecule has 2 nitrogen and oxygen atoms in total. The molecule has 2 aliphatic heterocycles. The number of anilines is 2. The standard InChI is InChI=1S/2C23H30N.C15H11.CH3.2ClH.Ru/c2*1-6-18-12-11-13-19(7-2)21(18)24-17-23(5,16-22(24,3)4)20-14-9-8-10-15-20;1-2-6-12(7-3-1)15-11-10-13-8-4-5-9-14(13)15;;;;/h2*8-15,17H,6-7,16H2,1-5H3;1-11H;1H3;2*1H;/q4*-1;;;+2/p-2. The predicted octanol–water partition coefficient (Wildman–Crippen LogP) is 17.9. The zero-order valence-corrected chi connectivity index (χ0v) is 45.2. The van der Waals surface area contributed by atoms with Crippen molar-refractivity contribution in [1.82, 2.24) is 0 Å². The summed E-state index contributed by atoms with van der Waals surface area (Å²) in [6.45, 7) is 28.3. The Balaban J connectivity index is 0.000000185. The molecule has 2 atom stereocenters. The summed E-state index contributed by atoms with van der Waals surface area (Å²) in [7, 11) is 9.71. The van der Waals surface area contributed by atoms with Gasteiger partial charge in [-0.1, -0.05) is 192 Å². The van der Waals surface area contributed by atoms with E-state index in [1.165, 1.54) is 66.7 Å². The molecule has 9 rings (SSSR count). The number of hydrogen-bond acceptors (Lipinski definition) is 2. The first-order valence-corrected chi connectivity index (χ1v) is 28.3. The molecule has 0 spiro atoms. The van der Waals surface area contributed by atoms with Crippen LogP contribution >= 0.6 is 19.4 Å². The molecule has 0 bridgehead atoms. The third-order valence-electron chi connectivity index (χ3n) is 13.8. The Morgan fingerprint density at radius 2 is 0.821 bits per heavy atom. The van der Waals surface area contributed by atoms with Crippen LogP contribution in [-0.2, 0) is 51.7 Å². The number of nitrogens with zero attached hydrogens (tertiary/aromatic N) is 2. The van der Waals surface area contributed by atoms with Gasteiger partial charge in [0, 0.05) is 22.5 Å². The quantitative estimate of drug-likeness (QED) is 0.105. The average Bonchev–Trinajstić information content (AvgIpc) is 3.97. The van der Waals surface area contributed by atoms with E-state index >= 15 is 0 Å². The minimum atomic E-state index is -0.346. The monoisotopic (exact) mass is 1020 g/mol. The van der Waals surface area contributed by atoms with Crippen molar-refractivity contribution in [3.05, 3.63) is 218 Å². The van der Waals surface area contributed by atoms with Crippen LogP contribution in [0, 0.1) is 20.5 Å². The largest absolute Gasteiger partial charge is 0.150 e.